The highest BCUT2D eigenvalue weighted by atomic mass is 16.4. The van der Waals surface area contributed by atoms with E-state index in [0.29, 0.717) is 18.3 Å². The van der Waals surface area contributed by atoms with E-state index in [1.165, 1.54) is 12.3 Å². The van der Waals surface area contributed by atoms with Gasteiger partial charge >= 0.3 is 5.97 Å². The molecule has 0 atom stereocenters. The van der Waals surface area contributed by atoms with Crippen LogP contribution in [0.5, 0.6) is 0 Å². The normalized spacial score (nSPS) is 10.3. The molecule has 0 bridgehead atoms. The summed E-state index contributed by atoms with van der Waals surface area (Å²) >= 11 is 0. The van der Waals surface area contributed by atoms with Crippen LogP contribution in [-0.4, -0.2) is 21.0 Å². The van der Waals surface area contributed by atoms with Gasteiger partial charge in [-0.1, -0.05) is 0 Å². The summed E-state index contributed by atoms with van der Waals surface area (Å²) in [5.41, 5.74) is 1.02. The lowest BCUT2D eigenvalue weighted by atomic mass is 10.3. The van der Waals surface area contributed by atoms with Gasteiger partial charge in [-0.2, -0.15) is 0 Å². The Morgan fingerprint density at radius 3 is 2.72 bits per heavy atom. The first kappa shape index (κ1) is 12.1. The van der Waals surface area contributed by atoms with E-state index in [0.717, 1.165) is 11.5 Å². The SMILES string of the molecule is Cc1nc(CNc2ccc(C(=O)O)cn2)oc1C. The number of aromatic nitrogens is 2. The van der Waals surface area contributed by atoms with E-state index < -0.39 is 5.97 Å². The Morgan fingerprint density at radius 2 is 2.22 bits per heavy atom. The fourth-order valence-corrected chi connectivity index (χ4v) is 1.41. The molecule has 2 rings (SSSR count). The maximum absolute atomic E-state index is 10.6. The number of pyridine rings is 1. The largest absolute Gasteiger partial charge is 0.478 e. The minimum atomic E-state index is -0.993. The third kappa shape index (κ3) is 2.65. The van der Waals surface area contributed by atoms with Crippen LogP contribution in [0.2, 0.25) is 0 Å². The van der Waals surface area contributed by atoms with Crippen molar-refractivity contribution in [3.8, 4) is 0 Å². The van der Waals surface area contributed by atoms with E-state index >= 15 is 0 Å². The van der Waals surface area contributed by atoms with E-state index in [-0.39, 0.29) is 5.56 Å². The molecule has 0 unspecified atom stereocenters. The maximum atomic E-state index is 10.6. The number of carboxylic acid groups (broad SMARTS) is 1. The van der Waals surface area contributed by atoms with Crippen LogP contribution in [0, 0.1) is 13.8 Å². The molecule has 2 aromatic heterocycles. The molecule has 0 aliphatic rings. The van der Waals surface area contributed by atoms with Crippen LogP contribution in [0.3, 0.4) is 0 Å². The number of nitrogens with one attached hydrogen (secondary N) is 1. The minimum Gasteiger partial charge on any atom is -0.478 e. The van der Waals surface area contributed by atoms with E-state index in [9.17, 15) is 4.79 Å². The Kier molecular flexibility index (Phi) is 3.27. The molecular weight excluding hydrogens is 234 g/mol. The molecular formula is C12H13N3O3. The van der Waals surface area contributed by atoms with Crippen molar-refractivity contribution in [2.75, 3.05) is 5.32 Å². The number of aromatic carboxylic acids is 1. The topological polar surface area (TPSA) is 88.2 Å². The first-order valence-electron chi connectivity index (χ1n) is 5.42. The monoisotopic (exact) mass is 247 g/mol. The van der Waals surface area contributed by atoms with Gasteiger partial charge in [0.15, 0.2) is 0 Å². The predicted molar refractivity (Wildman–Crippen MR) is 64.5 cm³/mol. The number of hydrogen-bond acceptors (Lipinski definition) is 5. The molecule has 2 N–H and O–H groups in total. The Bertz CT molecular complexity index is 541. The van der Waals surface area contributed by atoms with Gasteiger partial charge in [-0.3, -0.25) is 0 Å². The number of aryl methyl sites for hydroxylation is 2. The summed E-state index contributed by atoms with van der Waals surface area (Å²) in [4.78, 5) is 18.8. The van der Waals surface area contributed by atoms with Gasteiger partial charge < -0.3 is 14.8 Å². The van der Waals surface area contributed by atoms with Crippen molar-refractivity contribution in [2.45, 2.75) is 20.4 Å². The van der Waals surface area contributed by atoms with Gasteiger partial charge in [0.1, 0.15) is 11.6 Å². The number of hydrogen-bond donors (Lipinski definition) is 2. The molecule has 2 heterocycles. The summed E-state index contributed by atoms with van der Waals surface area (Å²) in [6.45, 7) is 4.14. The number of nitrogens with zero attached hydrogens (tertiary/aromatic N) is 2. The summed E-state index contributed by atoms with van der Waals surface area (Å²) in [7, 11) is 0. The lowest BCUT2D eigenvalue weighted by Crippen LogP contribution is -2.03. The van der Waals surface area contributed by atoms with E-state index in [1.807, 2.05) is 13.8 Å². The Morgan fingerprint density at radius 1 is 1.44 bits per heavy atom. The highest BCUT2D eigenvalue weighted by molar-refractivity contribution is 5.87. The fraction of sp³-hybridized carbons (Fsp3) is 0.250. The molecule has 0 saturated carbocycles. The summed E-state index contributed by atoms with van der Waals surface area (Å²) in [5, 5.41) is 11.7. The number of carbonyl (C=O) groups is 1. The summed E-state index contributed by atoms with van der Waals surface area (Å²) in [5.74, 6) is 0.955. The lowest BCUT2D eigenvalue weighted by molar-refractivity contribution is 0.0696. The quantitative estimate of drug-likeness (QED) is 0.859. The number of rotatable bonds is 4. The fourth-order valence-electron chi connectivity index (χ4n) is 1.41. The first-order valence-corrected chi connectivity index (χ1v) is 5.42. The minimum absolute atomic E-state index is 0.156. The first-order chi connectivity index (χ1) is 8.56. The average Bonchev–Trinajstić information content (AvgIpc) is 2.67. The van der Waals surface area contributed by atoms with Crippen molar-refractivity contribution in [2.24, 2.45) is 0 Å². The molecule has 2 aromatic rings. The van der Waals surface area contributed by atoms with Crippen LogP contribution < -0.4 is 5.32 Å². The molecule has 0 spiro atoms. The summed E-state index contributed by atoms with van der Waals surface area (Å²) in [6, 6.07) is 3.09. The third-order valence-corrected chi connectivity index (χ3v) is 2.50. The number of carboxylic acids is 1. The van der Waals surface area contributed by atoms with E-state index in [4.69, 9.17) is 9.52 Å². The number of oxazole rings is 1. The highest BCUT2D eigenvalue weighted by Crippen LogP contribution is 2.11. The molecule has 18 heavy (non-hydrogen) atoms. The van der Waals surface area contributed by atoms with Crippen molar-refractivity contribution in [1.82, 2.24) is 9.97 Å². The second kappa shape index (κ2) is 4.87. The molecule has 0 fully saturated rings. The van der Waals surface area contributed by atoms with Crippen molar-refractivity contribution in [3.05, 3.63) is 41.2 Å². The summed E-state index contributed by atoms with van der Waals surface area (Å²) in [6.07, 6.45) is 1.30. The molecule has 0 radical (unpaired) electrons. The van der Waals surface area contributed by atoms with Crippen molar-refractivity contribution in [1.29, 1.82) is 0 Å². The molecule has 0 aromatic carbocycles. The average molecular weight is 247 g/mol. The van der Waals surface area contributed by atoms with Crippen LogP contribution in [0.1, 0.15) is 27.7 Å². The Labute approximate surface area is 104 Å². The number of anilines is 1. The van der Waals surface area contributed by atoms with E-state index in [1.54, 1.807) is 6.07 Å². The van der Waals surface area contributed by atoms with Gasteiger partial charge in [0.25, 0.3) is 0 Å². The van der Waals surface area contributed by atoms with E-state index in [2.05, 4.69) is 15.3 Å². The molecule has 6 nitrogen and oxygen atoms in total. The predicted octanol–water partition coefficient (Wildman–Crippen LogP) is 2.00. The van der Waals surface area contributed by atoms with Gasteiger partial charge in [0.05, 0.1) is 17.8 Å². The smallest absolute Gasteiger partial charge is 0.337 e. The zero-order chi connectivity index (χ0) is 13.1. The van der Waals surface area contributed by atoms with Crippen molar-refractivity contribution >= 4 is 11.8 Å². The highest BCUT2D eigenvalue weighted by Gasteiger charge is 2.06. The molecule has 0 saturated heterocycles. The van der Waals surface area contributed by atoms with Gasteiger partial charge in [0.2, 0.25) is 5.89 Å². The molecule has 0 aliphatic heterocycles. The molecule has 0 aliphatic carbocycles. The third-order valence-electron chi connectivity index (χ3n) is 2.50. The van der Waals surface area contributed by atoms with Gasteiger partial charge in [-0.05, 0) is 26.0 Å². The molecule has 94 valence electrons. The van der Waals surface area contributed by atoms with Crippen molar-refractivity contribution in [3.63, 3.8) is 0 Å². The van der Waals surface area contributed by atoms with Gasteiger partial charge in [0, 0.05) is 6.20 Å². The zero-order valence-electron chi connectivity index (χ0n) is 10.1. The summed E-state index contributed by atoms with van der Waals surface area (Å²) < 4.78 is 5.40. The van der Waals surface area contributed by atoms with Crippen LogP contribution in [-0.2, 0) is 6.54 Å². The van der Waals surface area contributed by atoms with Crippen LogP contribution in [0.15, 0.2) is 22.7 Å². The second-order valence-corrected chi connectivity index (χ2v) is 3.84. The Hall–Kier alpha value is -2.37. The maximum Gasteiger partial charge on any atom is 0.337 e. The molecule has 0 amide bonds. The van der Waals surface area contributed by atoms with Crippen molar-refractivity contribution < 1.29 is 14.3 Å². The van der Waals surface area contributed by atoms with Crippen LogP contribution in [0.4, 0.5) is 5.82 Å². The van der Waals surface area contributed by atoms with Crippen LogP contribution >= 0.6 is 0 Å². The zero-order valence-corrected chi connectivity index (χ0v) is 10.1. The van der Waals surface area contributed by atoms with Gasteiger partial charge in [-0.15, -0.1) is 0 Å². The molecule has 6 heteroatoms. The Balaban J connectivity index is 2.00. The standard InChI is InChI=1S/C12H13N3O3/c1-7-8(2)18-11(15-7)6-14-10-4-3-9(5-13-10)12(16)17/h3-5H,6H2,1-2H3,(H,13,14)(H,16,17). The van der Waals surface area contributed by atoms with Gasteiger partial charge in [-0.25, -0.2) is 14.8 Å². The van der Waals surface area contributed by atoms with Crippen LogP contribution in [0.25, 0.3) is 0 Å². The second-order valence-electron chi connectivity index (χ2n) is 3.84. The lowest BCUT2D eigenvalue weighted by Gasteiger charge is -2.02.